The normalized spacial score (nSPS) is 15.8. The van der Waals surface area contributed by atoms with Gasteiger partial charge in [-0.05, 0) is 19.3 Å². The molecule has 1 fully saturated rings. The molecule has 0 saturated heterocycles. The van der Waals surface area contributed by atoms with Gasteiger partial charge in [-0.25, -0.2) is 9.59 Å². The van der Waals surface area contributed by atoms with E-state index in [2.05, 4.69) is 17.0 Å². The quantitative estimate of drug-likeness (QED) is 0.368. The zero-order valence-electron chi connectivity index (χ0n) is 16.2. The maximum Gasteiger partial charge on any atom is 0.407 e. The Hall–Kier alpha value is -1.26. The first-order chi connectivity index (χ1) is 12.1. The molecule has 0 heterocycles. The van der Waals surface area contributed by atoms with Crippen molar-refractivity contribution in [3.8, 4) is 0 Å². The molecular weight excluding hydrogens is 318 g/mol. The van der Waals surface area contributed by atoms with Crippen molar-refractivity contribution in [1.82, 2.24) is 5.32 Å². The lowest BCUT2D eigenvalue weighted by Gasteiger charge is -2.27. The van der Waals surface area contributed by atoms with Crippen LogP contribution in [0.15, 0.2) is 0 Å². The molecule has 0 aromatic carbocycles. The minimum absolute atomic E-state index is 0.300. The Kier molecular flexibility index (Phi) is 11.3. The molecule has 0 aliphatic heterocycles. The molecule has 0 unspecified atom stereocenters. The number of alkyl carbamates (subject to hydrolysis) is 1. The van der Waals surface area contributed by atoms with Crippen LogP contribution in [0, 0.1) is 0 Å². The topological polar surface area (TPSA) is 64.6 Å². The molecule has 1 rings (SSSR count). The van der Waals surface area contributed by atoms with E-state index >= 15 is 0 Å². The summed E-state index contributed by atoms with van der Waals surface area (Å²) in [6.45, 7) is 2.69. The van der Waals surface area contributed by atoms with Crippen molar-refractivity contribution in [1.29, 1.82) is 0 Å². The number of methoxy groups -OCH3 is 1. The van der Waals surface area contributed by atoms with Gasteiger partial charge in [0.15, 0.2) is 0 Å². The Balaban J connectivity index is 2.08. The van der Waals surface area contributed by atoms with Gasteiger partial charge in [0, 0.05) is 0 Å². The molecule has 5 heteroatoms. The van der Waals surface area contributed by atoms with Crippen molar-refractivity contribution in [2.24, 2.45) is 0 Å². The number of carbonyl (C=O) groups is 2. The Morgan fingerprint density at radius 1 is 0.880 bits per heavy atom. The van der Waals surface area contributed by atoms with E-state index in [0.717, 1.165) is 25.7 Å². The number of rotatable bonds is 13. The van der Waals surface area contributed by atoms with Crippen molar-refractivity contribution in [3.63, 3.8) is 0 Å². The molecule has 0 radical (unpaired) electrons. The SMILES string of the molecule is CCCCCCCCCCCCOC(=O)C1(NC(=O)OC)CCCC1. The predicted molar refractivity (Wildman–Crippen MR) is 99.5 cm³/mol. The summed E-state index contributed by atoms with van der Waals surface area (Å²) in [6, 6.07) is 0. The van der Waals surface area contributed by atoms with Crippen LogP contribution in [0.3, 0.4) is 0 Å². The number of hydrogen-bond donors (Lipinski definition) is 1. The van der Waals surface area contributed by atoms with Crippen molar-refractivity contribution in [2.75, 3.05) is 13.7 Å². The first-order valence-electron chi connectivity index (χ1n) is 10.2. The highest BCUT2D eigenvalue weighted by Gasteiger charge is 2.44. The second-order valence-electron chi connectivity index (χ2n) is 7.22. The maximum atomic E-state index is 12.4. The summed E-state index contributed by atoms with van der Waals surface area (Å²) in [4.78, 5) is 23.9. The number of unbranched alkanes of at least 4 members (excludes halogenated alkanes) is 9. The summed E-state index contributed by atoms with van der Waals surface area (Å²) in [7, 11) is 1.31. The highest BCUT2D eigenvalue weighted by molar-refractivity contribution is 5.86. The Labute approximate surface area is 153 Å². The molecule has 1 aliphatic rings. The van der Waals surface area contributed by atoms with E-state index in [0.29, 0.717) is 19.4 Å². The molecule has 0 aromatic rings. The minimum atomic E-state index is -0.869. The van der Waals surface area contributed by atoms with Crippen LogP contribution in [0.4, 0.5) is 4.79 Å². The number of hydrogen-bond acceptors (Lipinski definition) is 4. The van der Waals surface area contributed by atoms with E-state index in [1.54, 1.807) is 0 Å². The molecule has 0 bridgehead atoms. The molecule has 5 nitrogen and oxygen atoms in total. The number of carbonyl (C=O) groups excluding carboxylic acids is 2. The van der Waals surface area contributed by atoms with E-state index in [9.17, 15) is 9.59 Å². The highest BCUT2D eigenvalue weighted by Crippen LogP contribution is 2.31. The van der Waals surface area contributed by atoms with Gasteiger partial charge >= 0.3 is 12.1 Å². The van der Waals surface area contributed by atoms with Gasteiger partial charge in [-0.3, -0.25) is 0 Å². The Morgan fingerprint density at radius 3 is 1.92 bits per heavy atom. The fourth-order valence-electron chi connectivity index (χ4n) is 3.50. The molecule has 1 N–H and O–H groups in total. The first kappa shape index (κ1) is 21.8. The number of ether oxygens (including phenoxy) is 2. The Morgan fingerprint density at radius 2 is 1.40 bits per heavy atom. The Bertz CT molecular complexity index is 378. The van der Waals surface area contributed by atoms with Crippen LogP contribution < -0.4 is 5.32 Å². The number of nitrogens with one attached hydrogen (secondary N) is 1. The van der Waals surface area contributed by atoms with Crippen LogP contribution in [0.25, 0.3) is 0 Å². The third-order valence-corrected chi connectivity index (χ3v) is 5.11. The molecule has 0 aromatic heterocycles. The van der Waals surface area contributed by atoms with Gasteiger partial charge in [-0.1, -0.05) is 77.6 Å². The van der Waals surface area contributed by atoms with Crippen molar-refractivity contribution >= 4 is 12.1 Å². The molecule has 146 valence electrons. The average Bonchev–Trinajstić information content (AvgIpc) is 3.09. The van der Waals surface area contributed by atoms with Crippen molar-refractivity contribution < 1.29 is 19.1 Å². The lowest BCUT2D eigenvalue weighted by Crippen LogP contribution is -2.53. The minimum Gasteiger partial charge on any atom is -0.464 e. The number of amides is 1. The molecule has 1 saturated carbocycles. The maximum absolute atomic E-state index is 12.4. The van der Waals surface area contributed by atoms with Gasteiger partial charge in [0.1, 0.15) is 5.54 Å². The monoisotopic (exact) mass is 355 g/mol. The van der Waals surface area contributed by atoms with Crippen LogP contribution in [0.5, 0.6) is 0 Å². The van der Waals surface area contributed by atoms with Gasteiger partial charge < -0.3 is 14.8 Å². The standard InChI is InChI=1S/C20H37NO4/c1-3-4-5-6-7-8-9-10-11-14-17-25-18(22)20(15-12-13-16-20)21-19(23)24-2/h3-17H2,1-2H3,(H,21,23). The molecule has 0 atom stereocenters. The van der Waals surface area contributed by atoms with Crippen molar-refractivity contribution in [3.05, 3.63) is 0 Å². The summed E-state index contributed by atoms with van der Waals surface area (Å²) in [5.74, 6) is -0.300. The summed E-state index contributed by atoms with van der Waals surface area (Å²) in [6.07, 6.45) is 15.1. The third-order valence-electron chi connectivity index (χ3n) is 5.11. The van der Waals surface area contributed by atoms with E-state index in [1.165, 1.54) is 58.5 Å². The zero-order valence-corrected chi connectivity index (χ0v) is 16.2. The third kappa shape index (κ3) is 8.59. The fraction of sp³-hybridized carbons (Fsp3) is 0.900. The summed E-state index contributed by atoms with van der Waals surface area (Å²) < 4.78 is 10.1. The van der Waals surface area contributed by atoms with Crippen LogP contribution in [-0.4, -0.2) is 31.3 Å². The predicted octanol–water partition coefficient (Wildman–Crippen LogP) is 5.12. The fourth-order valence-corrected chi connectivity index (χ4v) is 3.50. The zero-order chi connectivity index (χ0) is 18.4. The van der Waals surface area contributed by atoms with Crippen LogP contribution in [-0.2, 0) is 14.3 Å². The number of esters is 1. The lowest BCUT2D eigenvalue weighted by molar-refractivity contribution is -0.151. The van der Waals surface area contributed by atoms with Gasteiger partial charge in [0.25, 0.3) is 0 Å². The van der Waals surface area contributed by atoms with E-state index in [1.807, 2.05) is 0 Å². The van der Waals surface area contributed by atoms with Crippen LogP contribution in [0.1, 0.15) is 96.8 Å². The molecule has 1 amide bonds. The smallest absolute Gasteiger partial charge is 0.407 e. The van der Waals surface area contributed by atoms with E-state index in [-0.39, 0.29) is 5.97 Å². The van der Waals surface area contributed by atoms with E-state index in [4.69, 9.17) is 4.74 Å². The van der Waals surface area contributed by atoms with Crippen LogP contribution >= 0.6 is 0 Å². The first-order valence-corrected chi connectivity index (χ1v) is 10.2. The molecule has 0 spiro atoms. The summed E-state index contributed by atoms with van der Waals surface area (Å²) >= 11 is 0. The molecule has 25 heavy (non-hydrogen) atoms. The second kappa shape index (κ2) is 13.0. The van der Waals surface area contributed by atoms with Crippen molar-refractivity contribution in [2.45, 2.75) is 102 Å². The van der Waals surface area contributed by atoms with Gasteiger partial charge in [-0.2, -0.15) is 0 Å². The second-order valence-corrected chi connectivity index (χ2v) is 7.22. The summed E-state index contributed by atoms with van der Waals surface area (Å²) in [5.41, 5.74) is -0.869. The van der Waals surface area contributed by atoms with Gasteiger partial charge in [0.05, 0.1) is 13.7 Å². The molecule has 1 aliphatic carbocycles. The highest BCUT2D eigenvalue weighted by atomic mass is 16.5. The lowest BCUT2D eigenvalue weighted by atomic mass is 9.98. The van der Waals surface area contributed by atoms with Gasteiger partial charge in [-0.15, -0.1) is 0 Å². The van der Waals surface area contributed by atoms with Crippen LogP contribution in [0.2, 0.25) is 0 Å². The molecular formula is C20H37NO4. The average molecular weight is 356 g/mol. The van der Waals surface area contributed by atoms with E-state index < -0.39 is 11.6 Å². The summed E-state index contributed by atoms with van der Waals surface area (Å²) in [5, 5.41) is 2.70. The largest absolute Gasteiger partial charge is 0.464 e. The van der Waals surface area contributed by atoms with Gasteiger partial charge in [0.2, 0.25) is 0 Å².